The van der Waals surface area contributed by atoms with Gasteiger partial charge < -0.3 is 5.73 Å². The van der Waals surface area contributed by atoms with Crippen LogP contribution < -0.4 is 5.73 Å². The third-order valence-electron chi connectivity index (χ3n) is 2.14. The predicted octanol–water partition coefficient (Wildman–Crippen LogP) is 2.83. The fraction of sp³-hybridized carbons (Fsp3) is 0.182. The predicted molar refractivity (Wildman–Crippen MR) is 73.3 cm³/mol. The number of hydrogen-bond acceptors (Lipinski definition) is 4. The Hall–Kier alpha value is -0.850. The van der Waals surface area contributed by atoms with Gasteiger partial charge in [0.15, 0.2) is 5.82 Å². The van der Waals surface area contributed by atoms with E-state index in [1.807, 2.05) is 19.1 Å². The highest BCUT2D eigenvalue weighted by molar-refractivity contribution is 9.11. The second-order valence-corrected chi connectivity index (χ2v) is 5.28. The van der Waals surface area contributed by atoms with Gasteiger partial charge in [0.1, 0.15) is 5.69 Å². The Bertz CT molecular complexity index is 557. The van der Waals surface area contributed by atoms with Crippen molar-refractivity contribution in [2.75, 3.05) is 0 Å². The molecule has 2 heterocycles. The average molecular weight is 358 g/mol. The van der Waals surface area contributed by atoms with Crippen molar-refractivity contribution in [3.8, 4) is 11.5 Å². The minimum absolute atomic E-state index is 0.393. The number of hydrogen-bond donors (Lipinski definition) is 1. The topological polar surface area (TPSA) is 64.7 Å². The molecule has 17 heavy (non-hydrogen) atoms. The maximum Gasteiger partial charge on any atom is 0.179 e. The van der Waals surface area contributed by atoms with Crippen molar-refractivity contribution in [3.05, 3.63) is 38.7 Å². The van der Waals surface area contributed by atoms with Crippen LogP contribution in [0.1, 0.15) is 11.4 Å². The molecule has 0 fully saturated rings. The van der Waals surface area contributed by atoms with Gasteiger partial charge >= 0.3 is 0 Å². The standard InChI is InChI=1S/C11H10Br2N4/c1-6-2-8(4-14)17-11(16-6)10-9(13)3-7(12)5-15-10/h2-3,5H,4,14H2,1H3. The van der Waals surface area contributed by atoms with Crippen molar-refractivity contribution < 1.29 is 0 Å². The van der Waals surface area contributed by atoms with Crippen molar-refractivity contribution in [1.82, 2.24) is 15.0 Å². The summed E-state index contributed by atoms with van der Waals surface area (Å²) in [6.07, 6.45) is 1.72. The molecule has 0 aliphatic carbocycles. The van der Waals surface area contributed by atoms with Gasteiger partial charge in [-0.1, -0.05) is 0 Å². The lowest BCUT2D eigenvalue weighted by molar-refractivity contribution is 0.947. The van der Waals surface area contributed by atoms with E-state index in [0.717, 1.165) is 20.3 Å². The number of rotatable bonds is 2. The van der Waals surface area contributed by atoms with Crippen molar-refractivity contribution in [2.45, 2.75) is 13.5 Å². The van der Waals surface area contributed by atoms with Crippen molar-refractivity contribution >= 4 is 31.9 Å². The highest BCUT2D eigenvalue weighted by atomic mass is 79.9. The quantitative estimate of drug-likeness (QED) is 0.897. The molecule has 88 valence electrons. The van der Waals surface area contributed by atoms with Crippen LogP contribution in [-0.2, 0) is 6.54 Å². The Morgan fingerprint density at radius 2 is 2.00 bits per heavy atom. The van der Waals surface area contributed by atoms with E-state index < -0.39 is 0 Å². The normalized spacial score (nSPS) is 10.6. The first-order valence-corrected chi connectivity index (χ1v) is 6.55. The van der Waals surface area contributed by atoms with Crippen LogP contribution in [0.4, 0.5) is 0 Å². The van der Waals surface area contributed by atoms with Gasteiger partial charge in [-0.2, -0.15) is 0 Å². The molecule has 6 heteroatoms. The monoisotopic (exact) mass is 356 g/mol. The van der Waals surface area contributed by atoms with Gasteiger partial charge in [0.25, 0.3) is 0 Å². The molecule has 0 spiro atoms. The van der Waals surface area contributed by atoms with E-state index in [2.05, 4.69) is 46.8 Å². The molecule has 0 unspecified atom stereocenters. The average Bonchev–Trinajstić information content (AvgIpc) is 2.28. The smallest absolute Gasteiger partial charge is 0.179 e. The second-order valence-electron chi connectivity index (χ2n) is 3.51. The molecular weight excluding hydrogens is 348 g/mol. The first-order chi connectivity index (χ1) is 8.10. The van der Waals surface area contributed by atoms with Crippen LogP contribution in [0, 0.1) is 6.92 Å². The zero-order valence-electron chi connectivity index (χ0n) is 9.11. The molecule has 0 aromatic carbocycles. The van der Waals surface area contributed by atoms with E-state index in [9.17, 15) is 0 Å². The highest BCUT2D eigenvalue weighted by Crippen LogP contribution is 2.26. The molecule has 2 rings (SSSR count). The lowest BCUT2D eigenvalue weighted by atomic mass is 10.3. The summed E-state index contributed by atoms with van der Waals surface area (Å²) in [4.78, 5) is 13.0. The van der Waals surface area contributed by atoms with Crippen LogP contribution >= 0.6 is 31.9 Å². The number of nitrogens with two attached hydrogens (primary N) is 1. The first-order valence-electron chi connectivity index (χ1n) is 4.96. The SMILES string of the molecule is Cc1cc(CN)nc(-c2ncc(Br)cc2Br)n1. The van der Waals surface area contributed by atoms with Gasteiger partial charge in [0, 0.05) is 27.4 Å². The zero-order chi connectivity index (χ0) is 12.4. The summed E-state index contributed by atoms with van der Waals surface area (Å²) < 4.78 is 1.75. The summed E-state index contributed by atoms with van der Waals surface area (Å²) in [5, 5.41) is 0. The van der Waals surface area contributed by atoms with Gasteiger partial charge in [0.2, 0.25) is 0 Å². The molecule has 0 aliphatic rings. The highest BCUT2D eigenvalue weighted by Gasteiger charge is 2.10. The zero-order valence-corrected chi connectivity index (χ0v) is 12.3. The minimum atomic E-state index is 0.393. The van der Waals surface area contributed by atoms with E-state index in [-0.39, 0.29) is 0 Å². The molecular formula is C11H10Br2N4. The Morgan fingerprint density at radius 3 is 2.65 bits per heavy atom. The Morgan fingerprint density at radius 1 is 1.24 bits per heavy atom. The molecule has 0 saturated carbocycles. The van der Waals surface area contributed by atoms with Crippen molar-refractivity contribution in [3.63, 3.8) is 0 Å². The van der Waals surface area contributed by atoms with Crippen LogP contribution in [0.3, 0.4) is 0 Å². The van der Waals surface area contributed by atoms with Crippen LogP contribution in [0.25, 0.3) is 11.5 Å². The molecule has 0 amide bonds. The summed E-state index contributed by atoms with van der Waals surface area (Å²) in [7, 11) is 0. The van der Waals surface area contributed by atoms with Crippen LogP contribution in [-0.4, -0.2) is 15.0 Å². The fourth-order valence-corrected chi connectivity index (χ4v) is 2.59. The van der Waals surface area contributed by atoms with E-state index in [1.165, 1.54) is 0 Å². The molecule has 2 aromatic heterocycles. The Balaban J connectivity index is 2.55. The summed E-state index contributed by atoms with van der Waals surface area (Å²) in [6.45, 7) is 2.31. The maximum atomic E-state index is 5.60. The van der Waals surface area contributed by atoms with Gasteiger partial charge in [-0.25, -0.2) is 9.97 Å². The van der Waals surface area contributed by atoms with E-state index in [0.29, 0.717) is 18.1 Å². The summed E-state index contributed by atoms with van der Waals surface area (Å²) in [5.41, 5.74) is 8.00. The number of halogens is 2. The lowest BCUT2D eigenvalue weighted by Crippen LogP contribution is -2.04. The molecule has 2 aromatic rings. The van der Waals surface area contributed by atoms with Crippen LogP contribution in [0.15, 0.2) is 27.3 Å². The third-order valence-corrected chi connectivity index (χ3v) is 3.17. The van der Waals surface area contributed by atoms with E-state index in [4.69, 9.17) is 5.73 Å². The van der Waals surface area contributed by atoms with E-state index in [1.54, 1.807) is 6.20 Å². The second kappa shape index (κ2) is 5.20. The number of aromatic nitrogens is 3. The largest absolute Gasteiger partial charge is 0.325 e. The van der Waals surface area contributed by atoms with Gasteiger partial charge in [0.05, 0.1) is 5.69 Å². The fourth-order valence-electron chi connectivity index (χ4n) is 1.42. The molecule has 0 saturated heterocycles. The van der Waals surface area contributed by atoms with Gasteiger partial charge in [-0.3, -0.25) is 4.98 Å². The lowest BCUT2D eigenvalue weighted by Gasteiger charge is -2.05. The minimum Gasteiger partial charge on any atom is -0.325 e. The van der Waals surface area contributed by atoms with Crippen LogP contribution in [0.2, 0.25) is 0 Å². The summed E-state index contributed by atoms with van der Waals surface area (Å²) in [5.74, 6) is 0.588. The van der Waals surface area contributed by atoms with Crippen LogP contribution in [0.5, 0.6) is 0 Å². The molecule has 2 N–H and O–H groups in total. The number of pyridine rings is 1. The molecule has 0 atom stereocenters. The first kappa shape index (κ1) is 12.6. The molecule has 0 bridgehead atoms. The Labute approximate surface area is 116 Å². The Kier molecular flexibility index (Phi) is 3.86. The molecule has 0 radical (unpaired) electrons. The third kappa shape index (κ3) is 2.88. The molecule has 0 aliphatic heterocycles. The summed E-state index contributed by atoms with van der Waals surface area (Å²) >= 11 is 6.81. The molecule has 4 nitrogen and oxygen atoms in total. The van der Waals surface area contributed by atoms with E-state index >= 15 is 0 Å². The van der Waals surface area contributed by atoms with Gasteiger partial charge in [-0.05, 0) is 50.9 Å². The van der Waals surface area contributed by atoms with Crippen molar-refractivity contribution in [2.24, 2.45) is 5.73 Å². The summed E-state index contributed by atoms with van der Waals surface area (Å²) in [6, 6.07) is 3.78. The van der Waals surface area contributed by atoms with Gasteiger partial charge in [-0.15, -0.1) is 0 Å². The maximum absolute atomic E-state index is 5.60. The number of aryl methyl sites for hydroxylation is 1. The number of nitrogens with zero attached hydrogens (tertiary/aromatic N) is 3. The van der Waals surface area contributed by atoms with Crippen molar-refractivity contribution in [1.29, 1.82) is 0 Å².